The lowest BCUT2D eigenvalue weighted by atomic mass is 10.2. The third-order valence-electron chi connectivity index (χ3n) is 6.11. The molecule has 2 aromatic heterocycles. The minimum Gasteiger partial charge on any atom is -0.461 e. The number of hydrogen-bond donors (Lipinski definition) is 0. The summed E-state index contributed by atoms with van der Waals surface area (Å²) in [5, 5.41) is 30.2. The van der Waals surface area contributed by atoms with Crippen LogP contribution in [0.15, 0.2) is 84.6 Å². The van der Waals surface area contributed by atoms with E-state index in [0.29, 0.717) is 23.1 Å². The topological polar surface area (TPSA) is 117 Å². The smallest absolute Gasteiger partial charge is 0.357 e. The summed E-state index contributed by atoms with van der Waals surface area (Å²) in [4.78, 5) is 18.3. The number of anilines is 1. The first-order chi connectivity index (χ1) is 19.5. The second-order valence-electron chi connectivity index (χ2n) is 9.08. The van der Waals surface area contributed by atoms with Crippen LogP contribution in [0.1, 0.15) is 41.4 Å². The monoisotopic (exact) mass is 572 g/mol. The van der Waals surface area contributed by atoms with E-state index in [9.17, 15) is 4.79 Å². The van der Waals surface area contributed by atoms with Crippen molar-refractivity contribution in [2.45, 2.75) is 33.6 Å². The van der Waals surface area contributed by atoms with E-state index in [4.69, 9.17) is 4.74 Å². The highest BCUT2D eigenvalue weighted by atomic mass is 32.1. The largest absolute Gasteiger partial charge is 0.461 e. The molecule has 0 saturated carbocycles. The van der Waals surface area contributed by atoms with Crippen LogP contribution in [0.2, 0.25) is 0 Å². The quantitative estimate of drug-likeness (QED) is 0.146. The molecule has 1 aliphatic rings. The molecule has 0 unspecified atom stereocenters. The lowest BCUT2D eigenvalue weighted by molar-refractivity contribution is 0.0520. The third-order valence-corrected chi connectivity index (χ3v) is 7.87. The van der Waals surface area contributed by atoms with Crippen molar-refractivity contribution in [1.29, 1.82) is 0 Å². The third kappa shape index (κ3) is 6.88. The zero-order valence-electron chi connectivity index (χ0n) is 22.4. The van der Waals surface area contributed by atoms with Crippen molar-refractivity contribution in [3.8, 4) is 0 Å². The molecule has 204 valence electrons. The van der Waals surface area contributed by atoms with Crippen molar-refractivity contribution in [3.63, 3.8) is 0 Å². The minimum absolute atomic E-state index is 0.230. The highest BCUT2D eigenvalue weighted by molar-refractivity contribution is 7.19. The van der Waals surface area contributed by atoms with Crippen molar-refractivity contribution in [3.05, 3.63) is 70.7 Å². The average molecular weight is 573 g/mol. The molecular formula is C28H28N8O2S2. The van der Waals surface area contributed by atoms with E-state index < -0.39 is 5.97 Å². The summed E-state index contributed by atoms with van der Waals surface area (Å²) in [7, 11) is 0. The summed E-state index contributed by atoms with van der Waals surface area (Å²) in [5.74, 6) is -0.467. The molecule has 0 radical (unpaired) electrons. The SMILES string of the molecule is CCOC(=O)c1csc(N=Nc2ccc(N=Nc3ccc(N=Nc4ccc(N5CCCC5)s4)cc3C)cc2C)n1. The fourth-order valence-electron chi connectivity index (χ4n) is 4.03. The molecule has 40 heavy (non-hydrogen) atoms. The number of carbonyl (C=O) groups is 1. The molecule has 0 bridgehead atoms. The number of thiophene rings is 1. The standard InChI is InChI=1S/C28H28N8O2S2/c1-4-38-27(37)24-17-39-28(29-24)35-33-23-10-7-20(15-19(23)3)30-32-22-9-8-21(16-18(22)2)31-34-25-11-12-26(40-25)36-13-5-6-14-36/h7-12,15-17H,4-6,13-14H2,1-3H3. The number of aromatic nitrogens is 1. The Balaban J connectivity index is 1.20. The number of esters is 1. The molecule has 0 N–H and O–H groups in total. The molecule has 0 aliphatic carbocycles. The van der Waals surface area contributed by atoms with Gasteiger partial charge in [0.2, 0.25) is 5.13 Å². The highest BCUT2D eigenvalue weighted by Crippen LogP contribution is 2.35. The van der Waals surface area contributed by atoms with E-state index in [-0.39, 0.29) is 5.69 Å². The molecule has 1 saturated heterocycles. The van der Waals surface area contributed by atoms with Gasteiger partial charge < -0.3 is 9.64 Å². The lowest BCUT2D eigenvalue weighted by Crippen LogP contribution is -2.15. The molecule has 5 rings (SSSR count). The molecule has 2 aromatic carbocycles. The van der Waals surface area contributed by atoms with Gasteiger partial charge >= 0.3 is 5.97 Å². The summed E-state index contributed by atoms with van der Waals surface area (Å²) in [6, 6.07) is 15.4. The number of benzene rings is 2. The fraction of sp³-hybridized carbons (Fsp3) is 0.286. The van der Waals surface area contributed by atoms with Crippen LogP contribution < -0.4 is 4.90 Å². The maximum absolute atomic E-state index is 11.8. The minimum atomic E-state index is -0.467. The van der Waals surface area contributed by atoms with Crippen LogP contribution in [-0.4, -0.2) is 30.6 Å². The summed E-state index contributed by atoms with van der Waals surface area (Å²) >= 11 is 2.90. The number of rotatable bonds is 9. The van der Waals surface area contributed by atoms with Crippen molar-refractivity contribution < 1.29 is 9.53 Å². The molecule has 0 atom stereocenters. The Bertz CT molecular complexity index is 1580. The molecule has 10 nitrogen and oxygen atoms in total. The maximum Gasteiger partial charge on any atom is 0.357 e. The maximum atomic E-state index is 11.8. The molecular weight excluding hydrogens is 544 g/mol. The molecule has 0 spiro atoms. The number of carbonyl (C=O) groups excluding carboxylic acids is 1. The summed E-state index contributed by atoms with van der Waals surface area (Å²) in [6.45, 7) is 8.18. The van der Waals surface area contributed by atoms with Crippen LogP contribution in [0.5, 0.6) is 0 Å². The van der Waals surface area contributed by atoms with Crippen molar-refractivity contribution in [2.75, 3.05) is 24.6 Å². The number of nitrogens with zero attached hydrogens (tertiary/aromatic N) is 8. The number of azo groups is 3. The van der Waals surface area contributed by atoms with Crippen LogP contribution in [-0.2, 0) is 4.74 Å². The van der Waals surface area contributed by atoms with E-state index in [1.165, 1.54) is 29.2 Å². The van der Waals surface area contributed by atoms with Gasteiger partial charge in [-0.2, -0.15) is 10.2 Å². The first kappa shape index (κ1) is 27.4. The Morgan fingerprint density at radius 2 is 1.52 bits per heavy atom. The fourth-order valence-corrected chi connectivity index (χ4v) is 5.52. The predicted octanol–water partition coefficient (Wildman–Crippen LogP) is 9.84. The van der Waals surface area contributed by atoms with Crippen molar-refractivity contribution in [2.24, 2.45) is 30.7 Å². The van der Waals surface area contributed by atoms with E-state index >= 15 is 0 Å². The van der Waals surface area contributed by atoms with Crippen LogP contribution >= 0.6 is 22.7 Å². The Hall–Kier alpha value is -4.16. The van der Waals surface area contributed by atoms with Gasteiger partial charge in [-0.25, -0.2) is 9.78 Å². The number of ether oxygens (including phenoxy) is 1. The van der Waals surface area contributed by atoms with E-state index in [1.54, 1.807) is 23.6 Å². The van der Waals surface area contributed by atoms with Gasteiger partial charge in [0.15, 0.2) is 5.69 Å². The molecule has 12 heteroatoms. The second kappa shape index (κ2) is 12.8. The highest BCUT2D eigenvalue weighted by Gasteiger charge is 2.14. The number of thiazole rings is 1. The van der Waals surface area contributed by atoms with Gasteiger partial charge in [0.25, 0.3) is 0 Å². The van der Waals surface area contributed by atoms with Gasteiger partial charge in [-0.15, -0.1) is 31.8 Å². The normalized spacial score (nSPS) is 13.8. The van der Waals surface area contributed by atoms with E-state index in [2.05, 4.69) is 46.6 Å². The molecule has 4 aromatic rings. The summed E-state index contributed by atoms with van der Waals surface area (Å²) in [6.07, 6.45) is 2.51. The Morgan fingerprint density at radius 3 is 2.17 bits per heavy atom. The van der Waals surface area contributed by atoms with E-state index in [1.807, 2.05) is 56.3 Å². The van der Waals surface area contributed by atoms with Gasteiger partial charge in [0.05, 0.1) is 34.4 Å². The first-order valence-electron chi connectivity index (χ1n) is 12.9. The number of hydrogen-bond acceptors (Lipinski definition) is 12. The van der Waals surface area contributed by atoms with Crippen LogP contribution in [0.25, 0.3) is 0 Å². The van der Waals surface area contributed by atoms with Crippen LogP contribution in [0, 0.1) is 13.8 Å². The average Bonchev–Trinajstić information content (AvgIpc) is 3.73. The molecule has 3 heterocycles. The zero-order valence-corrected chi connectivity index (χ0v) is 24.1. The van der Waals surface area contributed by atoms with Crippen molar-refractivity contribution >= 4 is 66.5 Å². The molecule has 1 fully saturated rings. The number of aryl methyl sites for hydroxylation is 2. The van der Waals surface area contributed by atoms with E-state index in [0.717, 1.165) is 40.6 Å². The Kier molecular flexibility index (Phi) is 8.77. The summed E-state index contributed by atoms with van der Waals surface area (Å²) in [5.41, 5.74) is 4.98. The van der Waals surface area contributed by atoms with Crippen molar-refractivity contribution in [1.82, 2.24) is 4.98 Å². The second-order valence-corrected chi connectivity index (χ2v) is 11.0. The van der Waals surface area contributed by atoms with Crippen LogP contribution in [0.3, 0.4) is 0 Å². The van der Waals surface area contributed by atoms with Gasteiger partial charge in [0.1, 0.15) is 5.00 Å². The lowest BCUT2D eigenvalue weighted by Gasteiger charge is -2.13. The van der Waals surface area contributed by atoms with Gasteiger partial charge in [-0.3, -0.25) is 0 Å². The van der Waals surface area contributed by atoms with Gasteiger partial charge in [0, 0.05) is 18.5 Å². The first-order valence-corrected chi connectivity index (χ1v) is 14.6. The van der Waals surface area contributed by atoms with Gasteiger partial charge in [-0.05, 0) is 93.3 Å². The Morgan fingerprint density at radius 1 is 0.875 bits per heavy atom. The Labute approximate surface area is 240 Å². The molecule has 1 aliphatic heterocycles. The van der Waals surface area contributed by atoms with Crippen LogP contribution in [0.4, 0.5) is 37.9 Å². The summed E-state index contributed by atoms with van der Waals surface area (Å²) < 4.78 is 4.95. The molecule has 0 amide bonds. The van der Waals surface area contributed by atoms with Gasteiger partial charge in [-0.1, -0.05) is 11.3 Å². The predicted molar refractivity (Wildman–Crippen MR) is 159 cm³/mol. The zero-order chi connectivity index (χ0) is 27.9.